The predicted octanol–water partition coefficient (Wildman–Crippen LogP) is 0.372. The molecule has 1 fully saturated rings. The molecule has 1 saturated heterocycles. The van der Waals surface area contributed by atoms with Gasteiger partial charge in [-0.1, -0.05) is 0 Å². The zero-order valence-electron chi connectivity index (χ0n) is 9.57. The van der Waals surface area contributed by atoms with Crippen molar-refractivity contribution in [3.63, 3.8) is 0 Å². The van der Waals surface area contributed by atoms with Crippen LogP contribution < -0.4 is 16.4 Å². The average Bonchev–Trinajstić information content (AvgIpc) is 2.69. The molecular weight excluding hydrogens is 239 g/mol. The number of hydrogen-bond acceptors (Lipinski definition) is 3. The normalized spacial score (nSPS) is 14.5. The molecular formula is C11H13FN4O2. The van der Waals surface area contributed by atoms with Crippen LogP contribution in [0, 0.1) is 5.82 Å². The van der Waals surface area contributed by atoms with E-state index < -0.39 is 5.82 Å². The molecule has 0 atom stereocenters. The number of anilines is 2. The van der Waals surface area contributed by atoms with Crippen molar-refractivity contribution in [2.75, 3.05) is 30.7 Å². The van der Waals surface area contributed by atoms with Gasteiger partial charge in [0.15, 0.2) is 0 Å². The summed E-state index contributed by atoms with van der Waals surface area (Å²) in [6.07, 6.45) is 0. The molecule has 0 saturated carbocycles. The van der Waals surface area contributed by atoms with Gasteiger partial charge in [0, 0.05) is 13.1 Å². The van der Waals surface area contributed by atoms with E-state index in [1.807, 2.05) is 0 Å². The van der Waals surface area contributed by atoms with Crippen LogP contribution in [0.2, 0.25) is 0 Å². The molecule has 0 aromatic heterocycles. The topological polar surface area (TPSA) is 87.5 Å². The smallest absolute Gasteiger partial charge is 0.317 e. The molecule has 2 rings (SSSR count). The van der Waals surface area contributed by atoms with Crippen molar-refractivity contribution < 1.29 is 14.0 Å². The highest BCUT2D eigenvalue weighted by atomic mass is 19.1. The van der Waals surface area contributed by atoms with E-state index in [9.17, 15) is 14.0 Å². The van der Waals surface area contributed by atoms with E-state index in [0.29, 0.717) is 18.8 Å². The SMILES string of the molecule is Nc1cc(F)ccc1NC(=O)CN1CCNC1=O. The van der Waals surface area contributed by atoms with E-state index in [4.69, 9.17) is 5.73 Å². The van der Waals surface area contributed by atoms with Crippen LogP contribution in [-0.2, 0) is 4.79 Å². The van der Waals surface area contributed by atoms with Crippen molar-refractivity contribution in [1.82, 2.24) is 10.2 Å². The van der Waals surface area contributed by atoms with Gasteiger partial charge in [-0.25, -0.2) is 9.18 Å². The molecule has 0 spiro atoms. The summed E-state index contributed by atoms with van der Waals surface area (Å²) in [6.45, 7) is 0.971. The van der Waals surface area contributed by atoms with Crippen LogP contribution >= 0.6 is 0 Å². The Kier molecular flexibility index (Phi) is 3.31. The molecule has 6 nitrogen and oxygen atoms in total. The van der Waals surface area contributed by atoms with Gasteiger partial charge in [0.05, 0.1) is 11.4 Å². The first-order valence-electron chi connectivity index (χ1n) is 5.44. The monoisotopic (exact) mass is 252 g/mol. The van der Waals surface area contributed by atoms with Crippen molar-refractivity contribution in [2.45, 2.75) is 0 Å². The van der Waals surface area contributed by atoms with Crippen LogP contribution in [0.4, 0.5) is 20.6 Å². The molecule has 1 heterocycles. The van der Waals surface area contributed by atoms with Crippen molar-refractivity contribution in [1.29, 1.82) is 0 Å². The van der Waals surface area contributed by atoms with E-state index in [1.54, 1.807) is 0 Å². The Morgan fingerprint density at radius 1 is 1.56 bits per heavy atom. The Balaban J connectivity index is 1.96. The molecule has 1 aliphatic heterocycles. The highest BCUT2D eigenvalue weighted by molar-refractivity contribution is 5.96. The summed E-state index contributed by atoms with van der Waals surface area (Å²) in [4.78, 5) is 24.3. The van der Waals surface area contributed by atoms with Gasteiger partial charge in [-0.3, -0.25) is 4.79 Å². The zero-order valence-corrected chi connectivity index (χ0v) is 9.57. The highest BCUT2D eigenvalue weighted by Gasteiger charge is 2.21. The maximum atomic E-state index is 12.8. The number of hydrogen-bond donors (Lipinski definition) is 3. The second kappa shape index (κ2) is 4.91. The van der Waals surface area contributed by atoms with E-state index >= 15 is 0 Å². The predicted molar refractivity (Wildman–Crippen MR) is 64.4 cm³/mol. The third-order valence-electron chi connectivity index (χ3n) is 2.57. The first-order valence-corrected chi connectivity index (χ1v) is 5.44. The van der Waals surface area contributed by atoms with Crippen molar-refractivity contribution in [3.8, 4) is 0 Å². The first-order chi connectivity index (χ1) is 8.56. The Morgan fingerprint density at radius 2 is 2.33 bits per heavy atom. The lowest BCUT2D eigenvalue weighted by Crippen LogP contribution is -2.35. The number of halogens is 1. The van der Waals surface area contributed by atoms with Gasteiger partial charge in [-0.2, -0.15) is 0 Å². The van der Waals surface area contributed by atoms with Gasteiger partial charge >= 0.3 is 6.03 Å². The molecule has 96 valence electrons. The lowest BCUT2D eigenvalue weighted by Gasteiger charge is -2.14. The van der Waals surface area contributed by atoms with Crippen molar-refractivity contribution in [3.05, 3.63) is 24.0 Å². The lowest BCUT2D eigenvalue weighted by molar-refractivity contribution is -0.116. The molecule has 0 bridgehead atoms. The second-order valence-electron chi connectivity index (χ2n) is 3.93. The van der Waals surface area contributed by atoms with E-state index in [1.165, 1.54) is 17.0 Å². The summed E-state index contributed by atoms with van der Waals surface area (Å²) < 4.78 is 12.8. The third kappa shape index (κ3) is 2.68. The fourth-order valence-corrected chi connectivity index (χ4v) is 1.67. The molecule has 0 unspecified atom stereocenters. The molecule has 1 aromatic carbocycles. The molecule has 3 amide bonds. The average molecular weight is 252 g/mol. The highest BCUT2D eigenvalue weighted by Crippen LogP contribution is 2.18. The number of nitrogens with one attached hydrogen (secondary N) is 2. The molecule has 7 heteroatoms. The minimum absolute atomic E-state index is 0.0529. The van der Waals surface area contributed by atoms with Crippen molar-refractivity contribution in [2.24, 2.45) is 0 Å². The van der Waals surface area contributed by atoms with Gasteiger partial charge in [-0.05, 0) is 18.2 Å². The van der Waals surface area contributed by atoms with Gasteiger partial charge < -0.3 is 21.3 Å². The zero-order chi connectivity index (χ0) is 13.1. The number of amides is 3. The van der Waals surface area contributed by atoms with Crippen LogP contribution in [-0.4, -0.2) is 36.5 Å². The standard InChI is InChI=1S/C11H13FN4O2/c12-7-1-2-9(8(13)5-7)15-10(17)6-16-4-3-14-11(16)18/h1-2,5H,3-4,6,13H2,(H,14,18)(H,15,17). The van der Waals surface area contributed by atoms with Crippen LogP contribution in [0.3, 0.4) is 0 Å². The molecule has 1 aliphatic rings. The number of nitrogen functional groups attached to an aromatic ring is 1. The van der Waals surface area contributed by atoms with E-state index in [-0.39, 0.29) is 24.2 Å². The summed E-state index contributed by atoms with van der Waals surface area (Å²) in [6, 6.07) is 3.44. The second-order valence-corrected chi connectivity index (χ2v) is 3.93. The van der Waals surface area contributed by atoms with Gasteiger partial charge in [0.1, 0.15) is 12.4 Å². The summed E-state index contributed by atoms with van der Waals surface area (Å²) in [5.74, 6) is -0.838. The summed E-state index contributed by atoms with van der Waals surface area (Å²) in [7, 11) is 0. The lowest BCUT2D eigenvalue weighted by atomic mass is 10.2. The van der Waals surface area contributed by atoms with Crippen LogP contribution in [0.15, 0.2) is 18.2 Å². The largest absolute Gasteiger partial charge is 0.397 e. The fraction of sp³-hybridized carbons (Fsp3) is 0.273. The Bertz CT molecular complexity index is 492. The Labute approximate surface area is 103 Å². The number of rotatable bonds is 3. The fourth-order valence-electron chi connectivity index (χ4n) is 1.67. The van der Waals surface area contributed by atoms with Crippen LogP contribution in [0.5, 0.6) is 0 Å². The van der Waals surface area contributed by atoms with Crippen LogP contribution in [0.1, 0.15) is 0 Å². The molecule has 1 aromatic rings. The molecule has 18 heavy (non-hydrogen) atoms. The number of carbonyl (C=O) groups excluding carboxylic acids is 2. The van der Waals surface area contributed by atoms with E-state index in [2.05, 4.69) is 10.6 Å². The maximum absolute atomic E-state index is 12.8. The Morgan fingerprint density at radius 3 is 2.94 bits per heavy atom. The molecule has 0 aliphatic carbocycles. The van der Waals surface area contributed by atoms with Gasteiger partial charge in [-0.15, -0.1) is 0 Å². The van der Waals surface area contributed by atoms with E-state index in [0.717, 1.165) is 6.07 Å². The quantitative estimate of drug-likeness (QED) is 0.679. The number of nitrogens with two attached hydrogens (primary N) is 1. The number of benzene rings is 1. The van der Waals surface area contributed by atoms with Gasteiger partial charge in [0.2, 0.25) is 5.91 Å². The third-order valence-corrected chi connectivity index (χ3v) is 2.57. The van der Waals surface area contributed by atoms with Gasteiger partial charge in [0.25, 0.3) is 0 Å². The summed E-state index contributed by atoms with van der Waals surface area (Å²) >= 11 is 0. The minimum atomic E-state index is -0.468. The Hall–Kier alpha value is -2.31. The number of nitrogens with zero attached hydrogens (tertiary/aromatic N) is 1. The maximum Gasteiger partial charge on any atom is 0.317 e. The summed E-state index contributed by atoms with van der Waals surface area (Å²) in [5.41, 5.74) is 6.04. The molecule has 4 N–H and O–H groups in total. The minimum Gasteiger partial charge on any atom is -0.397 e. The molecule has 0 radical (unpaired) electrons. The van der Waals surface area contributed by atoms with Crippen molar-refractivity contribution >= 4 is 23.3 Å². The summed E-state index contributed by atoms with van der Waals surface area (Å²) in [5, 5.41) is 5.12. The van der Waals surface area contributed by atoms with Crippen LogP contribution in [0.25, 0.3) is 0 Å². The number of urea groups is 1. The first kappa shape index (κ1) is 12.2. The number of carbonyl (C=O) groups is 2.